The molecule has 1 unspecified atom stereocenters. The van der Waals surface area contributed by atoms with Gasteiger partial charge in [0.15, 0.2) is 5.65 Å². The zero-order valence-corrected chi connectivity index (χ0v) is 11.9. The van der Waals surface area contributed by atoms with Gasteiger partial charge in [0.2, 0.25) is 0 Å². The van der Waals surface area contributed by atoms with Crippen molar-refractivity contribution in [3.05, 3.63) is 29.7 Å². The molecule has 1 saturated carbocycles. The molecule has 20 heavy (non-hydrogen) atoms. The highest BCUT2D eigenvalue weighted by Gasteiger charge is 2.24. The largest absolute Gasteiger partial charge is 0.316 e. The zero-order valence-electron chi connectivity index (χ0n) is 11.9. The number of fused-ring (bicyclic) bond motifs is 1. The van der Waals surface area contributed by atoms with E-state index >= 15 is 0 Å². The molecule has 0 amide bonds. The lowest BCUT2D eigenvalue weighted by Crippen LogP contribution is -2.29. The maximum absolute atomic E-state index is 4.66. The van der Waals surface area contributed by atoms with Crippen molar-refractivity contribution < 1.29 is 0 Å². The Morgan fingerprint density at radius 2 is 1.95 bits per heavy atom. The second-order valence-electron chi connectivity index (χ2n) is 6.23. The zero-order chi connectivity index (χ0) is 13.4. The van der Waals surface area contributed by atoms with E-state index in [0.717, 1.165) is 18.7 Å². The second kappa shape index (κ2) is 5.17. The van der Waals surface area contributed by atoms with Crippen molar-refractivity contribution in [2.45, 2.75) is 50.4 Å². The van der Waals surface area contributed by atoms with Crippen LogP contribution in [0.4, 0.5) is 0 Å². The standard InChI is InChI=1S/C16H22N4/c1-2-5-12(4-1)14-11-19-20-15(7-9-18-16(14)20)13-6-3-8-17-10-13/h7,9,11-13,17H,1-6,8,10H2. The van der Waals surface area contributed by atoms with Gasteiger partial charge in [-0.3, -0.25) is 0 Å². The Balaban J connectivity index is 1.75. The van der Waals surface area contributed by atoms with Gasteiger partial charge in [0, 0.05) is 24.2 Å². The molecule has 4 heteroatoms. The fourth-order valence-corrected chi connectivity index (χ4v) is 3.87. The number of aromatic nitrogens is 3. The fraction of sp³-hybridized carbons (Fsp3) is 0.625. The number of nitrogens with one attached hydrogen (secondary N) is 1. The van der Waals surface area contributed by atoms with Crippen LogP contribution >= 0.6 is 0 Å². The highest BCUT2D eigenvalue weighted by molar-refractivity contribution is 5.49. The van der Waals surface area contributed by atoms with Gasteiger partial charge in [-0.15, -0.1) is 0 Å². The predicted molar refractivity (Wildman–Crippen MR) is 79.0 cm³/mol. The van der Waals surface area contributed by atoms with Gasteiger partial charge in [-0.25, -0.2) is 9.50 Å². The van der Waals surface area contributed by atoms with Gasteiger partial charge >= 0.3 is 0 Å². The summed E-state index contributed by atoms with van der Waals surface area (Å²) in [6.45, 7) is 2.22. The molecule has 1 saturated heterocycles. The normalized spacial score (nSPS) is 24.5. The minimum absolute atomic E-state index is 0.575. The van der Waals surface area contributed by atoms with Gasteiger partial charge in [-0.05, 0) is 44.2 Å². The van der Waals surface area contributed by atoms with E-state index in [4.69, 9.17) is 0 Å². The van der Waals surface area contributed by atoms with Crippen LogP contribution in [0, 0.1) is 0 Å². The van der Waals surface area contributed by atoms with Gasteiger partial charge < -0.3 is 5.32 Å². The van der Waals surface area contributed by atoms with Gasteiger partial charge in [0.05, 0.1) is 11.9 Å². The summed E-state index contributed by atoms with van der Waals surface area (Å²) >= 11 is 0. The van der Waals surface area contributed by atoms with E-state index in [0.29, 0.717) is 11.8 Å². The number of piperidine rings is 1. The topological polar surface area (TPSA) is 42.2 Å². The Hall–Kier alpha value is -1.42. The molecule has 3 heterocycles. The third kappa shape index (κ3) is 2.03. The average Bonchev–Trinajstić information content (AvgIpc) is 3.16. The van der Waals surface area contributed by atoms with E-state index in [-0.39, 0.29) is 0 Å². The lowest BCUT2D eigenvalue weighted by Gasteiger charge is -2.23. The number of nitrogens with zero attached hydrogens (tertiary/aromatic N) is 3. The van der Waals surface area contributed by atoms with Crippen LogP contribution in [0.5, 0.6) is 0 Å². The van der Waals surface area contributed by atoms with Crippen LogP contribution in [0.3, 0.4) is 0 Å². The Morgan fingerprint density at radius 3 is 2.75 bits per heavy atom. The molecule has 1 atom stereocenters. The first kappa shape index (κ1) is 12.3. The van der Waals surface area contributed by atoms with Crippen molar-refractivity contribution in [1.82, 2.24) is 19.9 Å². The first-order valence-corrected chi connectivity index (χ1v) is 7.97. The molecule has 4 nitrogen and oxygen atoms in total. The third-order valence-electron chi connectivity index (χ3n) is 4.97. The second-order valence-corrected chi connectivity index (χ2v) is 6.23. The van der Waals surface area contributed by atoms with Crippen molar-refractivity contribution in [3.63, 3.8) is 0 Å². The molecule has 1 N–H and O–H groups in total. The molecule has 0 aromatic carbocycles. The van der Waals surface area contributed by atoms with Crippen molar-refractivity contribution in [2.24, 2.45) is 0 Å². The third-order valence-corrected chi connectivity index (χ3v) is 4.97. The summed E-state index contributed by atoms with van der Waals surface area (Å²) in [6, 6.07) is 2.15. The van der Waals surface area contributed by atoms with Crippen LogP contribution in [0.1, 0.15) is 61.6 Å². The van der Waals surface area contributed by atoms with Crippen molar-refractivity contribution in [1.29, 1.82) is 0 Å². The molecular formula is C16H22N4. The van der Waals surface area contributed by atoms with Crippen LogP contribution in [-0.4, -0.2) is 27.7 Å². The van der Waals surface area contributed by atoms with Crippen molar-refractivity contribution in [3.8, 4) is 0 Å². The van der Waals surface area contributed by atoms with E-state index in [2.05, 4.69) is 32.2 Å². The van der Waals surface area contributed by atoms with Crippen LogP contribution in [0.2, 0.25) is 0 Å². The van der Waals surface area contributed by atoms with Gasteiger partial charge in [-0.2, -0.15) is 5.10 Å². The van der Waals surface area contributed by atoms with Crippen LogP contribution < -0.4 is 5.32 Å². The highest BCUT2D eigenvalue weighted by atomic mass is 15.3. The summed E-state index contributed by atoms with van der Waals surface area (Å²) < 4.78 is 2.10. The van der Waals surface area contributed by atoms with E-state index in [1.54, 1.807) is 0 Å². The molecule has 0 bridgehead atoms. The number of hydrogen-bond donors (Lipinski definition) is 1. The maximum Gasteiger partial charge on any atom is 0.158 e. The summed E-state index contributed by atoms with van der Waals surface area (Å²) in [6.07, 6.45) is 11.9. The summed E-state index contributed by atoms with van der Waals surface area (Å²) in [5.41, 5.74) is 3.79. The highest BCUT2D eigenvalue weighted by Crippen LogP contribution is 2.36. The van der Waals surface area contributed by atoms with E-state index in [9.17, 15) is 0 Å². The first-order valence-electron chi connectivity index (χ1n) is 7.97. The minimum Gasteiger partial charge on any atom is -0.316 e. The van der Waals surface area contributed by atoms with E-state index < -0.39 is 0 Å². The number of hydrogen-bond acceptors (Lipinski definition) is 3. The molecular weight excluding hydrogens is 248 g/mol. The molecule has 2 aromatic rings. The molecule has 0 radical (unpaired) electrons. The average molecular weight is 270 g/mol. The molecule has 0 spiro atoms. The van der Waals surface area contributed by atoms with Gasteiger partial charge in [-0.1, -0.05) is 12.8 Å². The summed E-state index contributed by atoms with van der Waals surface area (Å²) in [4.78, 5) is 4.62. The quantitative estimate of drug-likeness (QED) is 0.912. The van der Waals surface area contributed by atoms with E-state index in [1.165, 1.54) is 49.8 Å². The SMILES string of the molecule is c1cc(C2CCCNC2)n2ncc(C3CCCC3)c2n1. The first-order chi connectivity index (χ1) is 9.93. The molecule has 2 aromatic heterocycles. The Labute approximate surface area is 119 Å². The van der Waals surface area contributed by atoms with Crippen molar-refractivity contribution >= 4 is 5.65 Å². The Bertz CT molecular complexity index is 592. The summed E-state index contributed by atoms with van der Waals surface area (Å²) in [5.74, 6) is 1.25. The molecule has 106 valence electrons. The fourth-order valence-electron chi connectivity index (χ4n) is 3.87. The molecule has 1 aliphatic heterocycles. The predicted octanol–water partition coefficient (Wildman–Crippen LogP) is 2.85. The van der Waals surface area contributed by atoms with E-state index in [1.807, 2.05) is 6.20 Å². The van der Waals surface area contributed by atoms with Gasteiger partial charge in [0.1, 0.15) is 0 Å². The van der Waals surface area contributed by atoms with Crippen LogP contribution in [0.15, 0.2) is 18.5 Å². The lowest BCUT2D eigenvalue weighted by atomic mass is 9.95. The Morgan fingerprint density at radius 1 is 1.10 bits per heavy atom. The minimum atomic E-state index is 0.575. The summed E-state index contributed by atoms with van der Waals surface area (Å²) in [7, 11) is 0. The number of rotatable bonds is 2. The van der Waals surface area contributed by atoms with Crippen molar-refractivity contribution in [2.75, 3.05) is 13.1 Å². The molecule has 1 aliphatic carbocycles. The molecule has 2 aliphatic rings. The smallest absolute Gasteiger partial charge is 0.158 e. The molecule has 4 rings (SSSR count). The Kier molecular flexibility index (Phi) is 3.19. The lowest BCUT2D eigenvalue weighted by molar-refractivity contribution is 0.448. The summed E-state index contributed by atoms with van der Waals surface area (Å²) in [5, 5.41) is 8.16. The maximum atomic E-state index is 4.66. The van der Waals surface area contributed by atoms with Crippen LogP contribution in [-0.2, 0) is 0 Å². The monoisotopic (exact) mass is 270 g/mol. The van der Waals surface area contributed by atoms with Crippen LogP contribution in [0.25, 0.3) is 5.65 Å². The van der Waals surface area contributed by atoms with Gasteiger partial charge in [0.25, 0.3) is 0 Å². The molecule has 2 fully saturated rings.